The van der Waals surface area contributed by atoms with E-state index in [4.69, 9.17) is 9.47 Å². The molecule has 0 aliphatic heterocycles. The molecule has 43 heavy (non-hydrogen) atoms. The van der Waals surface area contributed by atoms with E-state index in [1.807, 2.05) is 6.07 Å². The molecule has 226 valence electrons. The summed E-state index contributed by atoms with van der Waals surface area (Å²) in [7, 11) is 3.82. The molecule has 0 N–H and O–H groups in total. The highest BCUT2D eigenvalue weighted by Crippen LogP contribution is 2.53. The van der Waals surface area contributed by atoms with Crippen LogP contribution in [0.5, 0.6) is 5.75 Å². The number of hydrogen-bond donors (Lipinski definition) is 0. The number of halogens is 1. The van der Waals surface area contributed by atoms with E-state index in [-0.39, 0.29) is 17.8 Å². The summed E-state index contributed by atoms with van der Waals surface area (Å²) in [5, 5.41) is 0.922. The Balaban J connectivity index is 1.95. The normalized spacial score (nSPS) is 13.1. The first-order chi connectivity index (χ1) is 21.0. The second kappa shape index (κ2) is 16.5. The highest BCUT2D eigenvalue weighted by Gasteiger charge is 2.35. The number of unbranched alkanes of at least 4 members (excludes halogenated alkanes) is 2. The third kappa shape index (κ3) is 8.85. The Labute approximate surface area is 259 Å². The predicted molar refractivity (Wildman–Crippen MR) is 181 cm³/mol. The molecular formula is C38H45FNO2P. The smallest absolute Gasteiger partial charge is 0.188 e. The van der Waals surface area contributed by atoms with Gasteiger partial charge in [0.2, 0.25) is 0 Å². The summed E-state index contributed by atoms with van der Waals surface area (Å²) in [5.74, 6) is 0.678. The molecule has 0 fully saturated rings. The van der Waals surface area contributed by atoms with Crippen molar-refractivity contribution in [2.75, 3.05) is 21.0 Å². The molecule has 0 bridgehead atoms. The van der Waals surface area contributed by atoms with Crippen LogP contribution in [0.2, 0.25) is 0 Å². The molecule has 0 spiro atoms. The quantitative estimate of drug-likeness (QED) is 0.0558. The summed E-state index contributed by atoms with van der Waals surface area (Å²) in [5.41, 5.74) is 7.02. The van der Waals surface area contributed by atoms with Crippen LogP contribution in [0.15, 0.2) is 96.0 Å². The molecule has 0 aromatic heterocycles. The van der Waals surface area contributed by atoms with E-state index >= 15 is 0 Å². The first-order valence-electron chi connectivity index (χ1n) is 15.4. The number of nitrogens with zero attached hydrogens (tertiary/aromatic N) is 1. The molecule has 3 nitrogen and oxygen atoms in total. The summed E-state index contributed by atoms with van der Waals surface area (Å²) in [6.07, 6.45) is 8.74. The van der Waals surface area contributed by atoms with Crippen LogP contribution < -0.4 is 10.0 Å². The van der Waals surface area contributed by atoms with Gasteiger partial charge in [0, 0.05) is 43.1 Å². The number of ether oxygens (including phenoxy) is 2. The van der Waals surface area contributed by atoms with Crippen LogP contribution in [-0.2, 0) is 22.7 Å². The van der Waals surface area contributed by atoms with Crippen LogP contribution in [0.1, 0.15) is 79.3 Å². The van der Waals surface area contributed by atoms with E-state index in [9.17, 15) is 4.39 Å². The van der Waals surface area contributed by atoms with Gasteiger partial charge in [-0.2, -0.15) is 0 Å². The number of benzene rings is 4. The molecule has 0 saturated heterocycles. The molecule has 0 aliphatic carbocycles. The first-order valence-corrected chi connectivity index (χ1v) is 16.4. The Kier molecular flexibility index (Phi) is 12.5. The van der Waals surface area contributed by atoms with Crippen molar-refractivity contribution in [1.82, 2.24) is 0 Å². The number of hydrogen-bond acceptors (Lipinski definition) is 3. The zero-order valence-electron chi connectivity index (χ0n) is 26.0. The lowest BCUT2D eigenvalue weighted by Crippen LogP contribution is -2.26. The zero-order chi connectivity index (χ0) is 30.5. The molecule has 4 aromatic carbocycles. The highest BCUT2D eigenvalue weighted by molar-refractivity contribution is 7.48. The average Bonchev–Trinajstić information content (AvgIpc) is 3.02. The fourth-order valence-corrected chi connectivity index (χ4v) is 7.59. The van der Waals surface area contributed by atoms with Gasteiger partial charge in [-0.3, -0.25) is 4.99 Å². The highest BCUT2D eigenvalue weighted by atomic mass is 31.1. The van der Waals surface area contributed by atoms with Crippen LogP contribution >= 0.6 is 8.58 Å². The molecule has 2 unspecified atom stereocenters. The SMILES string of the molecule is CCCCCC(CC)(Pc1ccc(F)cc1C=NC)c1cc(Cc2ccccc2)cc(Cc2ccccc2)c1OCOC. The van der Waals surface area contributed by atoms with E-state index in [2.05, 4.69) is 91.6 Å². The minimum Gasteiger partial charge on any atom is -0.467 e. The van der Waals surface area contributed by atoms with Crippen LogP contribution in [0.3, 0.4) is 0 Å². The Hall–Kier alpha value is -3.33. The lowest BCUT2D eigenvalue weighted by Gasteiger charge is -2.37. The molecule has 0 saturated carbocycles. The predicted octanol–water partition coefficient (Wildman–Crippen LogP) is 9.23. The Morgan fingerprint density at radius 1 is 0.837 bits per heavy atom. The van der Waals surface area contributed by atoms with Crippen molar-refractivity contribution < 1.29 is 13.9 Å². The van der Waals surface area contributed by atoms with Crippen molar-refractivity contribution in [3.63, 3.8) is 0 Å². The Morgan fingerprint density at radius 3 is 2.16 bits per heavy atom. The molecule has 0 heterocycles. The lowest BCUT2D eigenvalue weighted by atomic mass is 9.84. The fourth-order valence-electron chi connectivity index (χ4n) is 5.83. The van der Waals surface area contributed by atoms with Gasteiger partial charge in [-0.05, 0) is 59.0 Å². The summed E-state index contributed by atoms with van der Waals surface area (Å²) in [6, 6.07) is 31.1. The van der Waals surface area contributed by atoms with Crippen molar-refractivity contribution in [2.24, 2.45) is 4.99 Å². The van der Waals surface area contributed by atoms with Gasteiger partial charge in [-0.15, -0.1) is 0 Å². The number of aliphatic imine (C=N–C) groups is 1. The number of methoxy groups -OCH3 is 1. The van der Waals surface area contributed by atoms with E-state index in [0.29, 0.717) is 8.58 Å². The maximum Gasteiger partial charge on any atom is 0.188 e. The Morgan fingerprint density at radius 2 is 1.53 bits per heavy atom. The van der Waals surface area contributed by atoms with Gasteiger partial charge in [0.05, 0.1) is 0 Å². The molecule has 2 atom stereocenters. The molecule has 5 heteroatoms. The van der Waals surface area contributed by atoms with Gasteiger partial charge < -0.3 is 9.47 Å². The van der Waals surface area contributed by atoms with Crippen molar-refractivity contribution in [2.45, 2.75) is 63.9 Å². The molecule has 0 amide bonds. The number of rotatable bonds is 16. The van der Waals surface area contributed by atoms with Crippen molar-refractivity contribution in [1.29, 1.82) is 0 Å². The largest absolute Gasteiger partial charge is 0.467 e. The molecule has 4 aromatic rings. The topological polar surface area (TPSA) is 30.8 Å². The van der Waals surface area contributed by atoms with E-state index < -0.39 is 0 Å². The minimum absolute atomic E-state index is 0.176. The van der Waals surface area contributed by atoms with Crippen molar-refractivity contribution in [3.8, 4) is 5.75 Å². The summed E-state index contributed by atoms with van der Waals surface area (Å²) >= 11 is 0. The van der Waals surface area contributed by atoms with Gasteiger partial charge in [-0.25, -0.2) is 4.39 Å². The van der Waals surface area contributed by atoms with Crippen molar-refractivity contribution >= 4 is 20.1 Å². The maximum atomic E-state index is 14.4. The average molecular weight is 598 g/mol. The standard InChI is InChI=1S/C38H45FNO2P/c1-5-7-14-21-38(6-2,43-36-20-19-34(39)26-33(36)27-40-3)35-25-31(22-29-15-10-8-11-16-29)24-32(37(35)42-28-41-4)23-30-17-12-9-13-18-30/h8-13,15-20,24-27,43H,5-7,14,21-23,28H2,1-4H3. The summed E-state index contributed by atoms with van der Waals surface area (Å²) in [4.78, 5) is 4.26. The second-order valence-corrected chi connectivity index (χ2v) is 12.9. The third-order valence-corrected chi connectivity index (χ3v) is 10.1. The van der Waals surface area contributed by atoms with Gasteiger partial charge >= 0.3 is 0 Å². The second-order valence-electron chi connectivity index (χ2n) is 11.1. The van der Waals surface area contributed by atoms with E-state index in [0.717, 1.165) is 61.6 Å². The maximum absolute atomic E-state index is 14.4. The van der Waals surface area contributed by atoms with Crippen LogP contribution in [-0.4, -0.2) is 27.2 Å². The fraction of sp³-hybridized carbons (Fsp3) is 0.342. The van der Waals surface area contributed by atoms with Gasteiger partial charge in [0.15, 0.2) is 6.79 Å². The van der Waals surface area contributed by atoms with E-state index in [1.165, 1.54) is 27.8 Å². The van der Waals surface area contributed by atoms with Crippen LogP contribution in [0, 0.1) is 5.82 Å². The molecule has 4 rings (SSSR count). The summed E-state index contributed by atoms with van der Waals surface area (Å²) in [6.45, 7) is 4.71. The van der Waals surface area contributed by atoms with Crippen LogP contribution in [0.4, 0.5) is 4.39 Å². The van der Waals surface area contributed by atoms with E-state index in [1.54, 1.807) is 32.5 Å². The minimum atomic E-state index is -0.240. The first kappa shape index (κ1) is 32.6. The molecule has 0 radical (unpaired) electrons. The van der Waals surface area contributed by atoms with Gasteiger partial charge in [-0.1, -0.05) is 121 Å². The summed E-state index contributed by atoms with van der Waals surface area (Å²) < 4.78 is 26.4. The van der Waals surface area contributed by atoms with Gasteiger partial charge in [0.25, 0.3) is 0 Å². The van der Waals surface area contributed by atoms with Crippen LogP contribution in [0.25, 0.3) is 0 Å². The van der Waals surface area contributed by atoms with Gasteiger partial charge in [0.1, 0.15) is 11.6 Å². The monoisotopic (exact) mass is 597 g/mol. The van der Waals surface area contributed by atoms with Crippen molar-refractivity contribution in [3.05, 3.63) is 130 Å². The molecular weight excluding hydrogens is 552 g/mol. The zero-order valence-corrected chi connectivity index (χ0v) is 27.0. The molecule has 0 aliphatic rings. The third-order valence-electron chi connectivity index (χ3n) is 8.02. The Bertz CT molecular complexity index is 1460. The lowest BCUT2D eigenvalue weighted by molar-refractivity contribution is 0.0492.